The molecule has 4 rings (SSSR count). The first-order chi connectivity index (χ1) is 12.0. The Morgan fingerprint density at radius 1 is 1.32 bits per heavy atom. The molecule has 3 atom stereocenters. The first kappa shape index (κ1) is 16.2. The van der Waals surface area contributed by atoms with Crippen molar-refractivity contribution in [2.24, 2.45) is 11.8 Å². The zero-order chi connectivity index (χ0) is 17.6. The van der Waals surface area contributed by atoms with Gasteiger partial charge in [0.1, 0.15) is 11.6 Å². The van der Waals surface area contributed by atoms with Gasteiger partial charge in [0.25, 0.3) is 5.91 Å². The van der Waals surface area contributed by atoms with Crippen LogP contribution in [0, 0.1) is 24.6 Å². The number of hydrogen-bond acceptors (Lipinski definition) is 5. The fourth-order valence-electron chi connectivity index (χ4n) is 3.39. The topological polar surface area (TPSA) is 79.2 Å². The Morgan fingerprint density at radius 2 is 2.08 bits per heavy atom. The minimum atomic E-state index is -0.432. The molecular formula is C18H21FN4O2. The maximum absolute atomic E-state index is 13.9. The highest BCUT2D eigenvalue weighted by atomic mass is 19.1. The number of halogens is 1. The summed E-state index contributed by atoms with van der Waals surface area (Å²) in [5, 5.41) is 2.95. The summed E-state index contributed by atoms with van der Waals surface area (Å²) in [6.07, 6.45) is 2.29. The number of amides is 1. The lowest BCUT2D eigenvalue weighted by Crippen LogP contribution is -2.46. The van der Waals surface area contributed by atoms with Gasteiger partial charge in [0.2, 0.25) is 5.89 Å². The van der Waals surface area contributed by atoms with Crippen LogP contribution in [0.3, 0.4) is 0 Å². The molecule has 1 amide bonds. The molecule has 25 heavy (non-hydrogen) atoms. The molecule has 1 aliphatic carbocycles. The zero-order valence-electron chi connectivity index (χ0n) is 14.2. The largest absolute Gasteiger partial charge is 0.440 e. The van der Waals surface area contributed by atoms with E-state index >= 15 is 0 Å². The fourth-order valence-corrected chi connectivity index (χ4v) is 3.39. The molecule has 3 unspecified atom stereocenters. The van der Waals surface area contributed by atoms with E-state index in [9.17, 15) is 9.18 Å². The molecule has 7 heteroatoms. The van der Waals surface area contributed by atoms with Crippen LogP contribution >= 0.6 is 0 Å². The predicted octanol–water partition coefficient (Wildman–Crippen LogP) is 2.37. The monoisotopic (exact) mass is 344 g/mol. The Labute approximate surface area is 145 Å². The number of oxazole rings is 1. The van der Waals surface area contributed by atoms with Gasteiger partial charge < -0.3 is 9.73 Å². The minimum absolute atomic E-state index is 0.113. The molecule has 1 saturated carbocycles. The number of aromatic nitrogens is 1. The number of nitrogens with one attached hydrogen (secondary N) is 3. The maximum atomic E-state index is 13.9. The van der Waals surface area contributed by atoms with Crippen LogP contribution in [0.15, 0.2) is 28.7 Å². The van der Waals surface area contributed by atoms with E-state index in [2.05, 4.69) is 28.1 Å². The molecule has 1 aromatic heterocycles. The van der Waals surface area contributed by atoms with Crippen molar-refractivity contribution in [2.75, 3.05) is 0 Å². The maximum Gasteiger partial charge on any atom is 0.274 e. The van der Waals surface area contributed by atoms with Crippen LogP contribution in [-0.2, 0) is 0 Å². The molecule has 3 N–H and O–H groups in total. The lowest BCUT2D eigenvalue weighted by atomic mass is 9.97. The molecule has 6 nitrogen and oxygen atoms in total. The average molecular weight is 344 g/mol. The van der Waals surface area contributed by atoms with Crippen molar-refractivity contribution >= 4 is 5.91 Å². The van der Waals surface area contributed by atoms with E-state index in [1.54, 1.807) is 25.1 Å². The van der Waals surface area contributed by atoms with Crippen molar-refractivity contribution in [3.8, 4) is 11.5 Å². The Morgan fingerprint density at radius 3 is 2.80 bits per heavy atom. The zero-order valence-corrected chi connectivity index (χ0v) is 14.2. The van der Waals surface area contributed by atoms with Gasteiger partial charge in [-0.2, -0.15) is 0 Å². The van der Waals surface area contributed by atoms with Gasteiger partial charge in [-0.1, -0.05) is 19.1 Å². The van der Waals surface area contributed by atoms with Gasteiger partial charge in [0.05, 0.1) is 11.7 Å². The summed E-state index contributed by atoms with van der Waals surface area (Å²) in [5.74, 6) is 0.681. The summed E-state index contributed by atoms with van der Waals surface area (Å²) >= 11 is 0. The molecular weight excluding hydrogens is 323 g/mol. The normalized spacial score (nSPS) is 26.0. The van der Waals surface area contributed by atoms with Gasteiger partial charge in [0, 0.05) is 12.0 Å². The lowest BCUT2D eigenvalue weighted by Gasteiger charge is -2.18. The van der Waals surface area contributed by atoms with Gasteiger partial charge in [0.15, 0.2) is 5.69 Å². The molecule has 132 valence electrons. The van der Waals surface area contributed by atoms with Gasteiger partial charge >= 0.3 is 0 Å². The summed E-state index contributed by atoms with van der Waals surface area (Å²) in [6, 6.07) is 6.58. The smallest absolute Gasteiger partial charge is 0.274 e. The third-order valence-electron chi connectivity index (χ3n) is 5.03. The number of nitrogens with zero attached hydrogens (tertiary/aromatic N) is 1. The second kappa shape index (κ2) is 6.24. The number of hydrazine groups is 1. The fraction of sp³-hybridized carbons (Fsp3) is 0.444. The van der Waals surface area contributed by atoms with Crippen LogP contribution < -0.4 is 16.2 Å². The Balaban J connectivity index is 1.50. The SMILES string of the molecule is Cc1oc(-c2ccccc2F)nc1C(=O)NC1NNC(C2CC2)C1C. The van der Waals surface area contributed by atoms with E-state index in [1.807, 2.05) is 0 Å². The summed E-state index contributed by atoms with van der Waals surface area (Å²) in [6.45, 7) is 3.77. The van der Waals surface area contributed by atoms with Gasteiger partial charge in [-0.15, -0.1) is 0 Å². The van der Waals surface area contributed by atoms with E-state index in [0.29, 0.717) is 17.7 Å². The van der Waals surface area contributed by atoms with Crippen molar-refractivity contribution in [1.82, 2.24) is 21.2 Å². The molecule has 1 aliphatic heterocycles. The predicted molar refractivity (Wildman–Crippen MR) is 89.8 cm³/mol. The van der Waals surface area contributed by atoms with Crippen LogP contribution in [0.1, 0.15) is 36.0 Å². The van der Waals surface area contributed by atoms with Crippen LogP contribution in [0.2, 0.25) is 0 Å². The number of benzene rings is 1. The second-order valence-corrected chi connectivity index (χ2v) is 6.87. The van der Waals surface area contributed by atoms with Gasteiger partial charge in [-0.05, 0) is 37.8 Å². The minimum Gasteiger partial charge on any atom is -0.440 e. The first-order valence-corrected chi connectivity index (χ1v) is 8.59. The van der Waals surface area contributed by atoms with E-state index in [4.69, 9.17) is 4.42 Å². The molecule has 0 spiro atoms. The number of rotatable bonds is 4. The quantitative estimate of drug-likeness (QED) is 0.794. The molecule has 2 heterocycles. The lowest BCUT2D eigenvalue weighted by molar-refractivity contribution is 0.0916. The highest BCUT2D eigenvalue weighted by Gasteiger charge is 2.42. The molecule has 2 fully saturated rings. The highest BCUT2D eigenvalue weighted by molar-refractivity contribution is 5.93. The Hall–Kier alpha value is -2.25. The molecule has 1 aromatic carbocycles. The van der Waals surface area contributed by atoms with Gasteiger partial charge in [-0.3, -0.25) is 10.2 Å². The molecule has 1 saturated heterocycles. The van der Waals surface area contributed by atoms with Crippen LogP contribution in [0.5, 0.6) is 0 Å². The number of hydrogen-bond donors (Lipinski definition) is 3. The molecule has 2 aromatic rings. The third kappa shape index (κ3) is 3.05. The van der Waals surface area contributed by atoms with Crippen LogP contribution in [0.4, 0.5) is 4.39 Å². The van der Waals surface area contributed by atoms with E-state index in [1.165, 1.54) is 18.9 Å². The third-order valence-corrected chi connectivity index (χ3v) is 5.03. The highest BCUT2D eigenvalue weighted by Crippen LogP contribution is 2.37. The summed E-state index contributed by atoms with van der Waals surface area (Å²) in [5.41, 5.74) is 6.84. The number of carbonyl (C=O) groups is 1. The second-order valence-electron chi connectivity index (χ2n) is 6.87. The average Bonchev–Trinajstić information content (AvgIpc) is 3.27. The molecule has 0 bridgehead atoms. The first-order valence-electron chi connectivity index (χ1n) is 8.59. The van der Waals surface area contributed by atoms with Crippen molar-refractivity contribution in [2.45, 2.75) is 38.9 Å². The summed E-state index contributed by atoms with van der Waals surface area (Å²) in [7, 11) is 0. The van der Waals surface area contributed by atoms with Crippen LogP contribution in [0.25, 0.3) is 11.5 Å². The summed E-state index contributed by atoms with van der Waals surface area (Å²) in [4.78, 5) is 16.8. The van der Waals surface area contributed by atoms with Crippen LogP contribution in [-0.4, -0.2) is 23.1 Å². The molecule has 0 radical (unpaired) electrons. The van der Waals surface area contributed by atoms with Crippen molar-refractivity contribution in [1.29, 1.82) is 0 Å². The standard InChI is InChI=1S/C18H21FN4O2/c1-9-14(11-7-8-11)22-23-16(9)21-17(24)15-10(2)25-18(20-15)12-5-3-4-6-13(12)19/h3-6,9,11,14,16,22-23H,7-8H2,1-2H3,(H,21,24). The van der Waals surface area contributed by atoms with Crippen molar-refractivity contribution in [3.63, 3.8) is 0 Å². The van der Waals surface area contributed by atoms with Gasteiger partial charge in [-0.25, -0.2) is 14.8 Å². The molecule has 2 aliphatic rings. The Bertz CT molecular complexity index is 802. The van der Waals surface area contributed by atoms with E-state index in [0.717, 1.165) is 0 Å². The summed E-state index contributed by atoms with van der Waals surface area (Å²) < 4.78 is 19.4. The number of aryl methyl sites for hydroxylation is 1. The van der Waals surface area contributed by atoms with E-state index < -0.39 is 5.82 Å². The van der Waals surface area contributed by atoms with Crippen molar-refractivity contribution in [3.05, 3.63) is 41.5 Å². The van der Waals surface area contributed by atoms with Crippen molar-refractivity contribution < 1.29 is 13.6 Å². The number of carbonyl (C=O) groups excluding carboxylic acids is 1. The van der Waals surface area contributed by atoms with E-state index in [-0.39, 0.29) is 35.1 Å². The Kier molecular flexibility index (Phi) is 4.05.